The topological polar surface area (TPSA) is 89.2 Å². The number of aromatic nitrogens is 2. The number of carbonyl (C=O) groups excluding carboxylic acids is 2. The number of amides is 2. The summed E-state index contributed by atoms with van der Waals surface area (Å²) in [5.41, 5.74) is 2.62. The zero-order chi connectivity index (χ0) is 22.5. The van der Waals surface area contributed by atoms with Gasteiger partial charge in [-0.15, -0.1) is 0 Å². The van der Waals surface area contributed by atoms with Gasteiger partial charge in [-0.3, -0.25) is 9.59 Å². The highest BCUT2D eigenvalue weighted by Gasteiger charge is 2.14. The smallest absolute Gasteiger partial charge is 0.291 e. The van der Waals surface area contributed by atoms with Gasteiger partial charge >= 0.3 is 0 Å². The van der Waals surface area contributed by atoms with E-state index >= 15 is 0 Å². The molecular weight excluding hydrogens is 424 g/mol. The van der Waals surface area contributed by atoms with E-state index in [1.165, 1.54) is 11.8 Å². The van der Waals surface area contributed by atoms with E-state index in [-0.39, 0.29) is 17.6 Å². The standard InChI is InChI=1S/C24H22N4O3S/c1-16-8-9-18(26-22(29)17-6-4-3-5-7-17)14-20(16)27-23(30)21-11-10-19(31-21)15-32-24-25-12-13-28(24)2/h3-14H,15H2,1-2H3,(H,26,29)(H,27,30). The maximum absolute atomic E-state index is 12.7. The fourth-order valence-electron chi connectivity index (χ4n) is 3.02. The molecule has 7 nitrogen and oxygen atoms in total. The maximum Gasteiger partial charge on any atom is 0.291 e. The number of aryl methyl sites for hydroxylation is 2. The summed E-state index contributed by atoms with van der Waals surface area (Å²) in [6.45, 7) is 1.88. The molecule has 0 atom stereocenters. The van der Waals surface area contributed by atoms with Gasteiger partial charge in [0, 0.05) is 36.4 Å². The van der Waals surface area contributed by atoms with Crippen LogP contribution in [0.1, 0.15) is 32.2 Å². The Balaban J connectivity index is 1.41. The number of rotatable bonds is 7. The quantitative estimate of drug-likeness (QED) is 0.385. The summed E-state index contributed by atoms with van der Waals surface area (Å²) in [6, 6.07) is 17.8. The molecule has 0 saturated heterocycles. The molecule has 0 aliphatic heterocycles. The average Bonchev–Trinajstić information content (AvgIpc) is 3.44. The third kappa shape index (κ3) is 5.09. The van der Waals surface area contributed by atoms with Crippen LogP contribution >= 0.6 is 11.8 Å². The predicted molar refractivity (Wildman–Crippen MR) is 125 cm³/mol. The molecule has 8 heteroatoms. The number of hydrogen-bond donors (Lipinski definition) is 2. The molecule has 0 unspecified atom stereocenters. The highest BCUT2D eigenvalue weighted by Crippen LogP contribution is 2.24. The lowest BCUT2D eigenvalue weighted by molar-refractivity contribution is 0.0993. The molecule has 2 heterocycles. The summed E-state index contributed by atoms with van der Waals surface area (Å²) in [7, 11) is 1.93. The molecule has 32 heavy (non-hydrogen) atoms. The Kier molecular flexibility index (Phi) is 6.42. The summed E-state index contributed by atoms with van der Waals surface area (Å²) < 4.78 is 7.63. The minimum atomic E-state index is -0.354. The lowest BCUT2D eigenvalue weighted by Gasteiger charge is -2.11. The van der Waals surface area contributed by atoms with Gasteiger partial charge in [0.15, 0.2) is 10.9 Å². The van der Waals surface area contributed by atoms with Gasteiger partial charge in [-0.05, 0) is 48.9 Å². The first kappa shape index (κ1) is 21.5. The van der Waals surface area contributed by atoms with Crippen molar-refractivity contribution in [1.82, 2.24) is 9.55 Å². The molecule has 0 aliphatic carbocycles. The lowest BCUT2D eigenvalue weighted by atomic mass is 10.1. The summed E-state index contributed by atoms with van der Waals surface area (Å²) in [4.78, 5) is 29.4. The second-order valence-electron chi connectivity index (χ2n) is 7.18. The van der Waals surface area contributed by atoms with Crippen molar-refractivity contribution in [3.05, 3.63) is 95.7 Å². The van der Waals surface area contributed by atoms with Gasteiger partial charge in [0.1, 0.15) is 5.76 Å². The van der Waals surface area contributed by atoms with Crippen LogP contribution in [0.5, 0.6) is 0 Å². The fourth-order valence-corrected chi connectivity index (χ4v) is 3.84. The molecule has 2 aromatic carbocycles. The van der Waals surface area contributed by atoms with Crippen LogP contribution < -0.4 is 10.6 Å². The Bertz CT molecular complexity index is 1250. The molecular formula is C24H22N4O3S. The molecule has 0 spiro atoms. The van der Waals surface area contributed by atoms with Crippen LogP contribution in [0.25, 0.3) is 0 Å². The molecule has 162 valence electrons. The molecule has 0 radical (unpaired) electrons. The Labute approximate surface area is 189 Å². The largest absolute Gasteiger partial charge is 0.455 e. The van der Waals surface area contributed by atoms with E-state index in [9.17, 15) is 9.59 Å². The van der Waals surface area contributed by atoms with E-state index in [0.29, 0.717) is 28.5 Å². The van der Waals surface area contributed by atoms with E-state index in [1.807, 2.05) is 49.0 Å². The summed E-state index contributed by atoms with van der Waals surface area (Å²) in [5.74, 6) is 0.904. The van der Waals surface area contributed by atoms with Crippen molar-refractivity contribution in [1.29, 1.82) is 0 Å². The van der Waals surface area contributed by atoms with Gasteiger partial charge in [-0.1, -0.05) is 36.0 Å². The molecule has 0 aliphatic rings. The molecule has 2 aromatic heterocycles. The van der Waals surface area contributed by atoms with Crippen LogP contribution in [0, 0.1) is 6.92 Å². The third-order valence-corrected chi connectivity index (χ3v) is 5.87. The van der Waals surface area contributed by atoms with E-state index in [2.05, 4.69) is 15.6 Å². The number of nitrogens with zero attached hydrogens (tertiary/aromatic N) is 2. The summed E-state index contributed by atoms with van der Waals surface area (Å²) in [5, 5.41) is 6.59. The van der Waals surface area contributed by atoms with E-state index in [4.69, 9.17) is 4.42 Å². The summed E-state index contributed by atoms with van der Waals surface area (Å²) in [6.07, 6.45) is 3.62. The van der Waals surface area contributed by atoms with Gasteiger partial charge in [-0.2, -0.15) is 0 Å². The number of nitrogens with one attached hydrogen (secondary N) is 2. The second kappa shape index (κ2) is 9.57. The number of furan rings is 1. The Morgan fingerprint density at radius 1 is 1.03 bits per heavy atom. The van der Waals surface area contributed by atoms with Crippen molar-refractivity contribution in [3.63, 3.8) is 0 Å². The van der Waals surface area contributed by atoms with Crippen LogP contribution in [0.3, 0.4) is 0 Å². The zero-order valence-electron chi connectivity index (χ0n) is 17.7. The Hall–Kier alpha value is -3.78. The fraction of sp³-hybridized carbons (Fsp3) is 0.125. The normalized spacial score (nSPS) is 10.7. The predicted octanol–water partition coefficient (Wildman–Crippen LogP) is 5.12. The van der Waals surface area contributed by atoms with Crippen molar-refractivity contribution in [3.8, 4) is 0 Å². The minimum absolute atomic E-state index is 0.215. The molecule has 0 bridgehead atoms. The summed E-state index contributed by atoms with van der Waals surface area (Å²) >= 11 is 1.53. The SMILES string of the molecule is Cc1ccc(NC(=O)c2ccccc2)cc1NC(=O)c1ccc(CSc2nccn2C)o1. The van der Waals surface area contributed by atoms with E-state index < -0.39 is 0 Å². The number of hydrogen-bond acceptors (Lipinski definition) is 5. The van der Waals surface area contributed by atoms with Gasteiger partial charge in [0.2, 0.25) is 0 Å². The molecule has 0 saturated carbocycles. The highest BCUT2D eigenvalue weighted by molar-refractivity contribution is 7.98. The van der Waals surface area contributed by atoms with Crippen LogP contribution in [0.2, 0.25) is 0 Å². The van der Waals surface area contributed by atoms with Crippen molar-refractivity contribution in [2.75, 3.05) is 10.6 Å². The average molecular weight is 447 g/mol. The van der Waals surface area contributed by atoms with E-state index in [1.54, 1.807) is 42.6 Å². The van der Waals surface area contributed by atoms with Crippen LogP contribution in [-0.4, -0.2) is 21.4 Å². The first-order chi connectivity index (χ1) is 15.5. The highest BCUT2D eigenvalue weighted by atomic mass is 32.2. The second-order valence-corrected chi connectivity index (χ2v) is 8.12. The van der Waals surface area contributed by atoms with Crippen LogP contribution in [-0.2, 0) is 12.8 Å². The monoisotopic (exact) mass is 446 g/mol. The van der Waals surface area contributed by atoms with Gasteiger partial charge in [0.25, 0.3) is 11.8 Å². The van der Waals surface area contributed by atoms with Crippen molar-refractivity contribution in [2.24, 2.45) is 7.05 Å². The molecule has 2 N–H and O–H groups in total. The first-order valence-corrected chi connectivity index (χ1v) is 11.0. The Morgan fingerprint density at radius 3 is 2.59 bits per heavy atom. The minimum Gasteiger partial charge on any atom is -0.455 e. The lowest BCUT2D eigenvalue weighted by Crippen LogP contribution is -2.14. The number of imidazole rings is 1. The molecule has 4 rings (SSSR count). The molecule has 4 aromatic rings. The van der Waals surface area contributed by atoms with Crippen LogP contribution in [0.4, 0.5) is 11.4 Å². The van der Waals surface area contributed by atoms with Crippen molar-refractivity contribution >= 4 is 35.0 Å². The van der Waals surface area contributed by atoms with Gasteiger partial charge in [-0.25, -0.2) is 4.98 Å². The number of anilines is 2. The number of thioether (sulfide) groups is 1. The van der Waals surface area contributed by atoms with Crippen molar-refractivity contribution < 1.29 is 14.0 Å². The van der Waals surface area contributed by atoms with Gasteiger partial charge in [0.05, 0.1) is 5.75 Å². The van der Waals surface area contributed by atoms with Crippen LogP contribution in [0.15, 0.2) is 82.6 Å². The van der Waals surface area contributed by atoms with Crippen molar-refractivity contribution in [2.45, 2.75) is 17.8 Å². The number of benzene rings is 2. The molecule has 2 amide bonds. The maximum atomic E-state index is 12.7. The first-order valence-electron chi connectivity index (χ1n) is 9.97. The zero-order valence-corrected chi connectivity index (χ0v) is 18.5. The third-order valence-electron chi connectivity index (χ3n) is 4.79. The molecule has 0 fully saturated rings. The Morgan fingerprint density at radius 2 is 1.84 bits per heavy atom. The number of carbonyl (C=O) groups is 2. The van der Waals surface area contributed by atoms with E-state index in [0.717, 1.165) is 10.7 Å². The van der Waals surface area contributed by atoms with Gasteiger partial charge < -0.3 is 19.6 Å².